The molecule has 25 heavy (non-hydrogen) atoms. The highest BCUT2D eigenvalue weighted by Crippen LogP contribution is 2.37. The van der Waals surface area contributed by atoms with Crippen molar-refractivity contribution in [2.24, 2.45) is 4.99 Å². The highest BCUT2D eigenvalue weighted by Gasteiger charge is 2.37. The molecule has 2 aromatic rings. The summed E-state index contributed by atoms with van der Waals surface area (Å²) < 4.78 is 9.46. The molecule has 2 fully saturated rings. The fourth-order valence-corrected chi connectivity index (χ4v) is 4.80. The van der Waals surface area contributed by atoms with Crippen molar-refractivity contribution in [3.8, 4) is 0 Å². The van der Waals surface area contributed by atoms with Crippen LogP contribution in [-0.2, 0) is 0 Å². The molecule has 1 aliphatic carbocycles. The molecule has 2 aromatic heterocycles. The van der Waals surface area contributed by atoms with E-state index in [1.54, 1.807) is 17.5 Å². The molecule has 8 heteroatoms. The lowest BCUT2D eigenvalue weighted by Crippen LogP contribution is -2.35. The molecule has 0 aromatic carbocycles. The minimum Gasteiger partial charge on any atom is -0.442 e. The van der Waals surface area contributed by atoms with Crippen LogP contribution < -0.4 is 4.72 Å². The Balaban J connectivity index is 1.46. The number of aryl methyl sites for hydroxylation is 1. The highest BCUT2D eigenvalue weighted by atomic mass is 32.2. The lowest BCUT2D eigenvalue weighted by Gasteiger charge is -2.26. The van der Waals surface area contributed by atoms with E-state index in [4.69, 9.17) is 9.41 Å². The summed E-state index contributed by atoms with van der Waals surface area (Å²) >= 11 is 3.53. The topological polar surface area (TPSA) is 66.6 Å². The number of amidine groups is 1. The Morgan fingerprint density at radius 3 is 3.00 bits per heavy atom. The Kier molecular flexibility index (Phi) is 3.91. The molecule has 5 rings (SSSR count). The molecular formula is C17H19N5OS2. The van der Waals surface area contributed by atoms with Gasteiger partial charge in [0.1, 0.15) is 5.76 Å². The van der Waals surface area contributed by atoms with Gasteiger partial charge in [-0.05, 0) is 19.8 Å². The van der Waals surface area contributed by atoms with Crippen molar-refractivity contribution in [1.29, 1.82) is 0 Å². The summed E-state index contributed by atoms with van der Waals surface area (Å²) in [4.78, 5) is 16.0. The molecule has 0 amide bonds. The molecule has 1 N–H and O–H groups in total. The van der Waals surface area contributed by atoms with Gasteiger partial charge in [0.15, 0.2) is 10.8 Å². The van der Waals surface area contributed by atoms with Crippen LogP contribution in [0.2, 0.25) is 0 Å². The first-order valence-electron chi connectivity index (χ1n) is 8.56. The van der Waals surface area contributed by atoms with Crippen LogP contribution in [0.1, 0.15) is 35.9 Å². The van der Waals surface area contributed by atoms with Gasteiger partial charge in [-0.25, -0.2) is 9.97 Å². The maximum Gasteiger partial charge on any atom is 0.225 e. The number of oxazole rings is 1. The van der Waals surface area contributed by atoms with Gasteiger partial charge < -0.3 is 9.32 Å². The number of thiazole rings is 1. The molecule has 0 spiro atoms. The Morgan fingerprint density at radius 1 is 1.36 bits per heavy atom. The van der Waals surface area contributed by atoms with Crippen LogP contribution in [-0.4, -0.2) is 45.1 Å². The average molecular weight is 374 g/mol. The molecule has 3 aliphatic rings. The summed E-state index contributed by atoms with van der Waals surface area (Å²) in [5.74, 6) is 2.52. The number of aromatic nitrogens is 2. The van der Waals surface area contributed by atoms with Gasteiger partial charge >= 0.3 is 0 Å². The summed E-state index contributed by atoms with van der Waals surface area (Å²) in [7, 11) is 0. The highest BCUT2D eigenvalue weighted by molar-refractivity contribution is 7.98. The predicted octanol–water partition coefficient (Wildman–Crippen LogP) is 3.09. The van der Waals surface area contributed by atoms with Crippen LogP contribution in [0.5, 0.6) is 0 Å². The van der Waals surface area contributed by atoms with Gasteiger partial charge in [0.25, 0.3) is 0 Å². The number of hydrogen-bond donors (Lipinski definition) is 1. The summed E-state index contributed by atoms with van der Waals surface area (Å²) in [6, 6.07) is 0.412. The van der Waals surface area contributed by atoms with Gasteiger partial charge in [-0.15, -0.1) is 11.3 Å². The van der Waals surface area contributed by atoms with Crippen molar-refractivity contribution >= 4 is 34.7 Å². The van der Waals surface area contributed by atoms with Gasteiger partial charge in [0.2, 0.25) is 5.89 Å². The zero-order valence-corrected chi connectivity index (χ0v) is 15.6. The van der Waals surface area contributed by atoms with Crippen LogP contribution in [0.15, 0.2) is 32.9 Å². The maximum atomic E-state index is 5.80. The number of aliphatic imine (C=N–C) groups is 1. The van der Waals surface area contributed by atoms with E-state index < -0.39 is 0 Å². The minimum atomic E-state index is 0.412. The number of rotatable bonds is 5. The largest absolute Gasteiger partial charge is 0.442 e. The predicted molar refractivity (Wildman–Crippen MR) is 101 cm³/mol. The standard InChI is InChI=1S/C17H19N5OS2/c1-10-7-20-16(23-10)13-8-19-15(17-18-4-5-24-17)22-9-11(6-14(13)22)21-25-12-2-3-12/h4-5,7,11-12,21H,2-3,6,8-9H2,1H3. The number of nitrogens with zero attached hydrogens (tertiary/aromatic N) is 4. The van der Waals surface area contributed by atoms with Crippen LogP contribution >= 0.6 is 23.3 Å². The molecular weight excluding hydrogens is 354 g/mol. The van der Waals surface area contributed by atoms with Gasteiger partial charge in [0.05, 0.1) is 18.3 Å². The first-order valence-corrected chi connectivity index (χ1v) is 10.3. The smallest absolute Gasteiger partial charge is 0.225 e. The Labute approximate surface area is 154 Å². The molecule has 0 bridgehead atoms. The summed E-state index contributed by atoms with van der Waals surface area (Å²) in [6.07, 6.45) is 7.27. The first-order chi connectivity index (χ1) is 12.3. The molecule has 1 atom stereocenters. The fourth-order valence-electron chi connectivity index (χ4n) is 3.23. The Bertz CT molecular complexity index is 837. The molecule has 2 aliphatic heterocycles. The van der Waals surface area contributed by atoms with E-state index in [1.165, 1.54) is 18.5 Å². The summed E-state index contributed by atoms with van der Waals surface area (Å²) in [5.41, 5.74) is 2.38. The fraction of sp³-hybridized carbons (Fsp3) is 0.471. The molecule has 1 saturated heterocycles. The molecule has 0 radical (unpaired) electrons. The van der Waals surface area contributed by atoms with Crippen molar-refractivity contribution in [3.63, 3.8) is 0 Å². The van der Waals surface area contributed by atoms with Crippen molar-refractivity contribution in [2.75, 3.05) is 13.1 Å². The summed E-state index contributed by atoms with van der Waals surface area (Å²) in [5, 5.41) is 3.78. The van der Waals surface area contributed by atoms with Gasteiger partial charge in [-0.2, -0.15) is 0 Å². The first kappa shape index (κ1) is 15.6. The Hall–Kier alpha value is -1.64. The van der Waals surface area contributed by atoms with Crippen LogP contribution in [0.4, 0.5) is 0 Å². The number of fused-ring (bicyclic) bond motifs is 1. The second-order valence-electron chi connectivity index (χ2n) is 6.63. The average Bonchev–Trinajstić information content (AvgIpc) is 3.03. The van der Waals surface area contributed by atoms with Crippen LogP contribution in [0.3, 0.4) is 0 Å². The van der Waals surface area contributed by atoms with Crippen molar-refractivity contribution in [1.82, 2.24) is 19.6 Å². The van der Waals surface area contributed by atoms with E-state index in [-0.39, 0.29) is 0 Å². The second-order valence-corrected chi connectivity index (χ2v) is 8.66. The van der Waals surface area contributed by atoms with Gasteiger partial charge in [0, 0.05) is 41.5 Å². The Morgan fingerprint density at radius 2 is 2.28 bits per heavy atom. The second kappa shape index (κ2) is 6.26. The monoisotopic (exact) mass is 373 g/mol. The number of hydrogen-bond acceptors (Lipinski definition) is 8. The lowest BCUT2D eigenvalue weighted by atomic mass is 10.1. The third kappa shape index (κ3) is 3.02. The normalized spacial score (nSPS) is 23.2. The van der Waals surface area contributed by atoms with E-state index in [1.807, 2.05) is 30.4 Å². The van der Waals surface area contributed by atoms with E-state index in [0.717, 1.165) is 40.4 Å². The third-order valence-corrected chi connectivity index (χ3v) is 6.63. The molecule has 1 saturated carbocycles. The van der Waals surface area contributed by atoms with Crippen LogP contribution in [0, 0.1) is 6.92 Å². The van der Waals surface area contributed by atoms with Crippen molar-refractivity contribution in [3.05, 3.63) is 40.1 Å². The zero-order chi connectivity index (χ0) is 16.8. The molecule has 130 valence electrons. The van der Waals surface area contributed by atoms with Gasteiger partial charge in [-0.1, -0.05) is 11.9 Å². The molecule has 6 nitrogen and oxygen atoms in total. The molecule has 4 heterocycles. The summed E-state index contributed by atoms with van der Waals surface area (Å²) in [6.45, 7) is 3.44. The minimum absolute atomic E-state index is 0.412. The van der Waals surface area contributed by atoms with E-state index >= 15 is 0 Å². The SMILES string of the molecule is Cc1cnc(C2=C3CC(NSC4CC4)CN3C(c3nccs3)=NC2)o1. The van der Waals surface area contributed by atoms with E-state index in [0.29, 0.717) is 18.5 Å². The van der Waals surface area contributed by atoms with E-state index in [9.17, 15) is 0 Å². The third-order valence-electron chi connectivity index (χ3n) is 4.59. The molecule has 1 unspecified atom stereocenters. The van der Waals surface area contributed by atoms with Crippen molar-refractivity contribution in [2.45, 2.75) is 37.5 Å². The quantitative estimate of drug-likeness (QED) is 0.813. The maximum absolute atomic E-state index is 5.80. The van der Waals surface area contributed by atoms with Crippen molar-refractivity contribution < 1.29 is 4.42 Å². The lowest BCUT2D eigenvalue weighted by molar-refractivity contribution is 0.502. The van der Waals surface area contributed by atoms with Crippen LogP contribution in [0.25, 0.3) is 5.57 Å². The van der Waals surface area contributed by atoms with E-state index in [2.05, 4.69) is 19.6 Å². The van der Waals surface area contributed by atoms with Gasteiger partial charge in [-0.3, -0.25) is 9.71 Å². The zero-order valence-electron chi connectivity index (χ0n) is 13.9. The number of nitrogens with one attached hydrogen (secondary N) is 1.